The Labute approximate surface area is 145 Å². The first-order valence-corrected chi connectivity index (χ1v) is 8.24. The molecule has 5 heterocycles. The minimum atomic E-state index is 0.0616. The molecule has 1 atom stereocenters. The summed E-state index contributed by atoms with van der Waals surface area (Å²) in [5, 5.41) is 5.54. The predicted octanol–water partition coefficient (Wildman–Crippen LogP) is 1.79. The van der Waals surface area contributed by atoms with Gasteiger partial charge in [0.25, 0.3) is 0 Å². The van der Waals surface area contributed by atoms with E-state index in [9.17, 15) is 0 Å². The van der Waals surface area contributed by atoms with Gasteiger partial charge in [0, 0.05) is 16.4 Å². The average molecular weight is 324 g/mol. The van der Waals surface area contributed by atoms with Crippen molar-refractivity contribution in [3.05, 3.63) is 94.6 Å². The van der Waals surface area contributed by atoms with Crippen molar-refractivity contribution < 1.29 is 0 Å². The third-order valence-electron chi connectivity index (χ3n) is 4.41. The van der Waals surface area contributed by atoms with Gasteiger partial charge in [-0.1, -0.05) is 6.58 Å². The van der Waals surface area contributed by atoms with Crippen LogP contribution in [0.1, 0.15) is 0 Å². The molecule has 0 fully saturated rings. The van der Waals surface area contributed by atoms with Crippen LogP contribution in [-0.4, -0.2) is 22.4 Å². The van der Waals surface area contributed by atoms with E-state index in [0.29, 0.717) is 0 Å². The predicted molar refractivity (Wildman–Crippen MR) is 102 cm³/mol. The van der Waals surface area contributed by atoms with Gasteiger partial charge < -0.3 is 10.3 Å². The normalized spacial score (nSPS) is 23.1. The van der Waals surface area contributed by atoms with E-state index in [4.69, 9.17) is 0 Å². The monoisotopic (exact) mass is 324 g/mol. The first-order chi connectivity index (χ1) is 12.2. The van der Waals surface area contributed by atoms with E-state index >= 15 is 0 Å². The first-order valence-electron chi connectivity index (χ1n) is 8.24. The lowest BCUT2D eigenvalue weighted by atomic mass is 10.1. The molecule has 1 aromatic heterocycles. The fraction of sp³-hybridized carbons (Fsp3) is 0.0476. The number of H-pyrrole nitrogens is 1. The number of aromatic amines is 1. The number of nitrogens with one attached hydrogen (secondary N) is 2. The van der Waals surface area contributed by atoms with Crippen molar-refractivity contribution in [1.82, 2.24) is 10.3 Å². The van der Waals surface area contributed by atoms with Crippen LogP contribution in [0.2, 0.25) is 0 Å². The molecular weight excluding hydrogens is 308 g/mol. The average Bonchev–Trinajstić information content (AvgIpc) is 3.33. The molecule has 0 saturated heterocycles. The molecule has 2 N–H and O–H groups in total. The lowest BCUT2D eigenvalue weighted by molar-refractivity contribution is 0.827. The number of aromatic nitrogens is 1. The molecule has 1 unspecified atom stereocenters. The first kappa shape index (κ1) is 14.0. The summed E-state index contributed by atoms with van der Waals surface area (Å²) in [6.07, 6.45) is 18.3. The van der Waals surface area contributed by atoms with Crippen LogP contribution < -0.4 is 16.0 Å². The summed E-state index contributed by atoms with van der Waals surface area (Å²) in [7, 11) is 0. The van der Waals surface area contributed by atoms with E-state index in [1.54, 1.807) is 0 Å². The van der Waals surface area contributed by atoms with Crippen molar-refractivity contribution in [1.29, 1.82) is 0 Å². The van der Waals surface area contributed by atoms with E-state index in [1.165, 1.54) is 0 Å². The highest BCUT2D eigenvalue weighted by molar-refractivity contribution is 6.19. The third kappa shape index (κ3) is 2.68. The summed E-state index contributed by atoms with van der Waals surface area (Å²) in [4.78, 5) is 12.7. The second-order valence-electron chi connectivity index (χ2n) is 6.36. The van der Waals surface area contributed by atoms with Gasteiger partial charge in [0.1, 0.15) is 0 Å². The van der Waals surface area contributed by atoms with E-state index in [1.807, 2.05) is 36.5 Å². The van der Waals surface area contributed by atoms with Gasteiger partial charge in [0.15, 0.2) is 0 Å². The summed E-state index contributed by atoms with van der Waals surface area (Å²) in [5.41, 5.74) is 5.76. The molecule has 4 aliphatic heterocycles. The molecule has 0 amide bonds. The number of nitrogens with zero attached hydrogens (tertiary/aromatic N) is 2. The van der Waals surface area contributed by atoms with Gasteiger partial charge in [-0.2, -0.15) is 0 Å². The van der Waals surface area contributed by atoms with Crippen LogP contribution in [-0.2, 0) is 0 Å². The van der Waals surface area contributed by atoms with Gasteiger partial charge in [0.05, 0.1) is 28.9 Å². The lowest BCUT2D eigenvalue weighted by Crippen LogP contribution is -2.22. The van der Waals surface area contributed by atoms with E-state index < -0.39 is 0 Å². The fourth-order valence-corrected chi connectivity index (χ4v) is 3.21. The van der Waals surface area contributed by atoms with Crippen molar-refractivity contribution >= 4 is 23.6 Å². The molecule has 0 aromatic carbocycles. The Balaban J connectivity index is 1.67. The Kier molecular flexibility index (Phi) is 2.97. The summed E-state index contributed by atoms with van der Waals surface area (Å²) >= 11 is 0. The highest BCUT2D eigenvalue weighted by Crippen LogP contribution is 2.21. The van der Waals surface area contributed by atoms with E-state index in [0.717, 1.165) is 44.8 Å². The molecule has 0 saturated carbocycles. The topological polar surface area (TPSA) is 52.5 Å². The van der Waals surface area contributed by atoms with Crippen LogP contribution in [0, 0.1) is 0 Å². The molecule has 1 aromatic rings. The Morgan fingerprint density at radius 1 is 0.800 bits per heavy atom. The van der Waals surface area contributed by atoms with Gasteiger partial charge in [0.2, 0.25) is 0 Å². The molecule has 0 aliphatic carbocycles. The van der Waals surface area contributed by atoms with E-state index in [2.05, 4.69) is 57.2 Å². The maximum atomic E-state index is 4.65. The molecule has 4 aliphatic rings. The van der Waals surface area contributed by atoms with Crippen molar-refractivity contribution in [2.45, 2.75) is 6.04 Å². The van der Waals surface area contributed by atoms with Crippen LogP contribution in [0.5, 0.6) is 0 Å². The highest BCUT2D eigenvalue weighted by Gasteiger charge is 2.17. The summed E-state index contributed by atoms with van der Waals surface area (Å²) in [5.74, 6) is 0. The SMILES string of the molecule is C=C1C=C2C=c3ccc([nH]3)=CC3=NC(=CC4=NC(=CC1N2)C=C4)C=C3. The zero-order chi connectivity index (χ0) is 16.8. The fourth-order valence-electron chi connectivity index (χ4n) is 3.21. The number of aliphatic imine (C=N–C) groups is 2. The minimum Gasteiger partial charge on any atom is -0.375 e. The maximum Gasteiger partial charge on any atom is 0.0716 e. The molecule has 0 radical (unpaired) electrons. The molecule has 4 heteroatoms. The molecule has 25 heavy (non-hydrogen) atoms. The molecule has 4 nitrogen and oxygen atoms in total. The van der Waals surface area contributed by atoms with Crippen molar-refractivity contribution in [2.75, 3.05) is 0 Å². The van der Waals surface area contributed by atoms with Gasteiger partial charge >= 0.3 is 0 Å². The highest BCUT2D eigenvalue weighted by atomic mass is 15.0. The Hall–Kier alpha value is -3.40. The number of hydrogen-bond acceptors (Lipinski definition) is 3. The Bertz CT molecular complexity index is 1130. The van der Waals surface area contributed by atoms with Crippen molar-refractivity contribution in [3.8, 4) is 0 Å². The van der Waals surface area contributed by atoms with Gasteiger partial charge in [-0.25, -0.2) is 9.98 Å². The van der Waals surface area contributed by atoms with Crippen molar-refractivity contribution in [2.24, 2.45) is 9.98 Å². The van der Waals surface area contributed by atoms with Crippen LogP contribution >= 0.6 is 0 Å². The molecule has 5 rings (SSSR count). The van der Waals surface area contributed by atoms with Crippen molar-refractivity contribution in [3.63, 3.8) is 0 Å². The minimum absolute atomic E-state index is 0.0616. The quantitative estimate of drug-likeness (QED) is 0.751. The summed E-state index contributed by atoms with van der Waals surface area (Å²) in [6.45, 7) is 4.16. The van der Waals surface area contributed by atoms with Gasteiger partial charge in [-0.05, 0) is 72.4 Å². The molecular formula is C21H16N4. The Morgan fingerprint density at radius 3 is 2.40 bits per heavy atom. The van der Waals surface area contributed by atoms with Crippen LogP contribution in [0.3, 0.4) is 0 Å². The number of hydrogen-bond donors (Lipinski definition) is 2. The second-order valence-corrected chi connectivity index (χ2v) is 6.36. The summed E-state index contributed by atoms with van der Waals surface area (Å²) in [6, 6.07) is 4.18. The standard InChI is InChI=1S/C21H16N4/c1-13-8-20-11-18-5-4-16(23-18)9-14-2-3-15(22-14)10-17-6-7-19(24-17)12-21(13)25-20/h2-12,21,23,25H,1H2. The second kappa shape index (κ2) is 5.31. The number of fused-ring (bicyclic) bond motifs is 6. The molecule has 120 valence electrons. The van der Waals surface area contributed by atoms with E-state index in [-0.39, 0.29) is 6.04 Å². The zero-order valence-electron chi connectivity index (χ0n) is 13.5. The van der Waals surface area contributed by atoms with Gasteiger partial charge in [-0.15, -0.1) is 0 Å². The maximum absolute atomic E-state index is 4.65. The molecule has 0 spiro atoms. The smallest absolute Gasteiger partial charge is 0.0716 e. The van der Waals surface area contributed by atoms with Gasteiger partial charge in [-0.3, -0.25) is 0 Å². The zero-order valence-corrected chi connectivity index (χ0v) is 13.5. The Morgan fingerprint density at radius 2 is 1.52 bits per heavy atom. The summed E-state index contributed by atoms with van der Waals surface area (Å²) < 4.78 is 0. The van der Waals surface area contributed by atoms with Crippen LogP contribution in [0.25, 0.3) is 12.2 Å². The van der Waals surface area contributed by atoms with Crippen LogP contribution in [0.15, 0.2) is 93.9 Å². The number of rotatable bonds is 0. The number of allylic oxidation sites excluding steroid dienone is 6. The third-order valence-corrected chi connectivity index (χ3v) is 4.41. The lowest BCUT2D eigenvalue weighted by Gasteiger charge is -2.08. The van der Waals surface area contributed by atoms with Crippen LogP contribution in [0.4, 0.5) is 0 Å². The largest absolute Gasteiger partial charge is 0.375 e. The molecule has 8 bridgehead atoms.